The molecule has 1 nitrogen and oxygen atoms in total. The molecule has 2 aromatic rings. The van der Waals surface area contributed by atoms with Crippen LogP contribution in [0.15, 0.2) is 36.4 Å². The van der Waals surface area contributed by atoms with Gasteiger partial charge in [0.1, 0.15) is 0 Å². The lowest BCUT2D eigenvalue weighted by Gasteiger charge is -2.22. The topological polar surface area (TPSA) is 12.0 Å². The number of aryl methyl sites for hydroxylation is 2. The summed E-state index contributed by atoms with van der Waals surface area (Å²) >= 11 is 12.6. The summed E-state index contributed by atoms with van der Waals surface area (Å²) in [7, 11) is 1.97. The van der Waals surface area contributed by atoms with Crippen LogP contribution in [0.2, 0.25) is 10.0 Å². The van der Waals surface area contributed by atoms with Crippen LogP contribution in [0.5, 0.6) is 0 Å². The number of benzene rings is 2. The molecular weight excluding hydrogens is 289 g/mol. The standard InChI is InChI=1S/C17H19Cl2N/c1-11-6-4-7-12(2)17(11)16(20-3)10-13-14(18)8-5-9-15(13)19/h4-9,16,20H,10H2,1-3H3. The predicted octanol–water partition coefficient (Wildman–Crippen LogP) is 5.11. The van der Waals surface area contributed by atoms with Crippen LogP contribution in [0.1, 0.15) is 28.3 Å². The molecule has 106 valence electrons. The monoisotopic (exact) mass is 307 g/mol. The number of likely N-dealkylation sites (N-methyl/N-ethyl adjacent to an activating group) is 1. The van der Waals surface area contributed by atoms with Crippen molar-refractivity contribution >= 4 is 23.2 Å². The van der Waals surface area contributed by atoms with Gasteiger partial charge in [0.25, 0.3) is 0 Å². The summed E-state index contributed by atoms with van der Waals surface area (Å²) in [6.45, 7) is 4.28. The van der Waals surface area contributed by atoms with Gasteiger partial charge in [0.15, 0.2) is 0 Å². The molecule has 0 amide bonds. The quantitative estimate of drug-likeness (QED) is 0.827. The van der Waals surface area contributed by atoms with Crippen molar-refractivity contribution < 1.29 is 0 Å². The lowest BCUT2D eigenvalue weighted by molar-refractivity contribution is 0.586. The Balaban J connectivity index is 2.39. The summed E-state index contributed by atoms with van der Waals surface area (Å²) in [5.74, 6) is 0. The second kappa shape index (κ2) is 6.62. The second-order valence-electron chi connectivity index (χ2n) is 5.05. The summed E-state index contributed by atoms with van der Waals surface area (Å²) in [4.78, 5) is 0. The van der Waals surface area contributed by atoms with Crippen LogP contribution < -0.4 is 5.32 Å². The highest BCUT2D eigenvalue weighted by atomic mass is 35.5. The van der Waals surface area contributed by atoms with Gasteiger partial charge in [0.05, 0.1) is 0 Å². The van der Waals surface area contributed by atoms with Gasteiger partial charge >= 0.3 is 0 Å². The maximum Gasteiger partial charge on any atom is 0.0453 e. The zero-order valence-electron chi connectivity index (χ0n) is 12.0. The van der Waals surface area contributed by atoms with Crippen LogP contribution in [0, 0.1) is 13.8 Å². The summed E-state index contributed by atoms with van der Waals surface area (Å²) in [6, 6.07) is 12.2. The fourth-order valence-corrected chi connectivity index (χ4v) is 3.21. The molecule has 0 spiro atoms. The molecule has 0 heterocycles. The van der Waals surface area contributed by atoms with E-state index in [2.05, 4.69) is 37.4 Å². The molecule has 1 N–H and O–H groups in total. The minimum atomic E-state index is 0.202. The maximum absolute atomic E-state index is 6.29. The fourth-order valence-electron chi connectivity index (χ4n) is 2.66. The lowest BCUT2D eigenvalue weighted by Crippen LogP contribution is -2.21. The fraction of sp³-hybridized carbons (Fsp3) is 0.294. The van der Waals surface area contributed by atoms with Crippen LogP contribution in [-0.4, -0.2) is 7.05 Å². The Bertz CT molecular complexity index is 567. The smallest absolute Gasteiger partial charge is 0.0453 e. The first-order chi connectivity index (χ1) is 9.54. The second-order valence-corrected chi connectivity index (χ2v) is 5.87. The summed E-state index contributed by atoms with van der Waals surface area (Å²) in [5, 5.41) is 4.84. The zero-order valence-corrected chi connectivity index (χ0v) is 13.5. The SMILES string of the molecule is CNC(Cc1c(Cl)cccc1Cl)c1c(C)cccc1C. The molecule has 0 bridgehead atoms. The van der Waals surface area contributed by atoms with Crippen LogP contribution in [0.3, 0.4) is 0 Å². The predicted molar refractivity (Wildman–Crippen MR) is 87.9 cm³/mol. The van der Waals surface area contributed by atoms with Gasteiger partial charge in [0.2, 0.25) is 0 Å². The number of hydrogen-bond donors (Lipinski definition) is 1. The molecule has 3 heteroatoms. The van der Waals surface area contributed by atoms with E-state index in [1.54, 1.807) is 0 Å². The highest BCUT2D eigenvalue weighted by molar-refractivity contribution is 6.36. The Morgan fingerprint density at radius 2 is 1.45 bits per heavy atom. The molecule has 2 aromatic carbocycles. The van der Waals surface area contributed by atoms with Crippen molar-refractivity contribution in [3.05, 3.63) is 68.7 Å². The Kier molecular flexibility index (Phi) is 5.09. The van der Waals surface area contributed by atoms with Crippen LogP contribution in [0.4, 0.5) is 0 Å². The van der Waals surface area contributed by atoms with Crippen molar-refractivity contribution in [2.45, 2.75) is 26.3 Å². The van der Waals surface area contributed by atoms with Crippen molar-refractivity contribution in [2.24, 2.45) is 0 Å². The van der Waals surface area contributed by atoms with Gasteiger partial charge < -0.3 is 5.32 Å². The molecule has 0 aliphatic carbocycles. The molecule has 2 rings (SSSR count). The lowest BCUT2D eigenvalue weighted by atomic mass is 9.92. The first-order valence-corrected chi connectivity index (χ1v) is 7.46. The van der Waals surface area contributed by atoms with Crippen LogP contribution >= 0.6 is 23.2 Å². The van der Waals surface area contributed by atoms with Gasteiger partial charge in [-0.25, -0.2) is 0 Å². The van der Waals surface area contributed by atoms with E-state index in [0.29, 0.717) is 0 Å². The van der Waals surface area contributed by atoms with Gasteiger partial charge in [-0.1, -0.05) is 47.5 Å². The molecule has 1 unspecified atom stereocenters. The maximum atomic E-state index is 6.29. The highest BCUT2D eigenvalue weighted by Crippen LogP contribution is 2.31. The molecule has 0 aromatic heterocycles. The third-order valence-corrected chi connectivity index (χ3v) is 4.42. The van der Waals surface area contributed by atoms with Crippen molar-refractivity contribution in [1.29, 1.82) is 0 Å². The largest absolute Gasteiger partial charge is 0.313 e. The van der Waals surface area contributed by atoms with Crippen molar-refractivity contribution in [1.82, 2.24) is 5.32 Å². The molecule has 0 aliphatic heterocycles. The Labute approximate surface area is 130 Å². The van der Waals surface area contributed by atoms with Gasteiger partial charge in [-0.05, 0) is 61.7 Å². The number of hydrogen-bond acceptors (Lipinski definition) is 1. The molecule has 20 heavy (non-hydrogen) atoms. The molecule has 0 saturated carbocycles. The minimum Gasteiger partial charge on any atom is -0.313 e. The number of rotatable bonds is 4. The van der Waals surface area contributed by atoms with Crippen LogP contribution in [-0.2, 0) is 6.42 Å². The van der Waals surface area contributed by atoms with E-state index in [1.807, 2.05) is 25.2 Å². The summed E-state index contributed by atoms with van der Waals surface area (Å²) < 4.78 is 0. The Morgan fingerprint density at radius 3 is 1.95 bits per heavy atom. The van der Waals surface area contributed by atoms with Gasteiger partial charge in [-0.15, -0.1) is 0 Å². The van der Waals surface area contributed by atoms with Gasteiger partial charge in [-0.2, -0.15) is 0 Å². The van der Waals surface area contributed by atoms with Crippen molar-refractivity contribution in [3.8, 4) is 0 Å². The zero-order chi connectivity index (χ0) is 14.7. The molecule has 0 aliphatic rings. The van der Waals surface area contributed by atoms with E-state index < -0.39 is 0 Å². The van der Waals surface area contributed by atoms with Gasteiger partial charge in [0, 0.05) is 16.1 Å². The number of nitrogens with one attached hydrogen (secondary N) is 1. The van der Waals surface area contributed by atoms with Crippen molar-refractivity contribution in [2.75, 3.05) is 7.05 Å². The minimum absolute atomic E-state index is 0.202. The first kappa shape index (κ1) is 15.4. The average Bonchev–Trinajstić information content (AvgIpc) is 2.40. The summed E-state index contributed by atoms with van der Waals surface area (Å²) in [5.41, 5.74) is 4.89. The normalized spacial score (nSPS) is 12.4. The highest BCUT2D eigenvalue weighted by Gasteiger charge is 2.17. The molecule has 1 atom stereocenters. The summed E-state index contributed by atoms with van der Waals surface area (Å²) in [6.07, 6.45) is 0.778. The van der Waals surface area contributed by atoms with Crippen molar-refractivity contribution in [3.63, 3.8) is 0 Å². The van der Waals surface area contributed by atoms with Gasteiger partial charge in [-0.3, -0.25) is 0 Å². The van der Waals surface area contributed by atoms with E-state index in [0.717, 1.165) is 22.0 Å². The first-order valence-electron chi connectivity index (χ1n) is 6.71. The van der Waals surface area contributed by atoms with E-state index in [9.17, 15) is 0 Å². The van der Waals surface area contributed by atoms with E-state index >= 15 is 0 Å². The Morgan fingerprint density at radius 1 is 0.950 bits per heavy atom. The third kappa shape index (κ3) is 3.17. The Hall–Kier alpha value is -1.02. The molecule has 0 saturated heterocycles. The van der Waals surface area contributed by atoms with Crippen LogP contribution in [0.25, 0.3) is 0 Å². The molecular formula is C17H19Cl2N. The number of halogens is 2. The molecule has 0 radical (unpaired) electrons. The van der Waals surface area contributed by atoms with E-state index in [1.165, 1.54) is 16.7 Å². The van der Waals surface area contributed by atoms with E-state index in [-0.39, 0.29) is 6.04 Å². The average molecular weight is 308 g/mol. The van der Waals surface area contributed by atoms with E-state index in [4.69, 9.17) is 23.2 Å². The third-order valence-electron chi connectivity index (χ3n) is 3.71. The molecule has 0 fully saturated rings.